The number of ether oxygens (including phenoxy) is 1. The lowest BCUT2D eigenvalue weighted by atomic mass is 10.1. The number of carbonyl (C=O) groups is 1. The highest BCUT2D eigenvalue weighted by Crippen LogP contribution is 2.30. The monoisotopic (exact) mass is 367 g/mol. The molecule has 4 heteroatoms. The minimum Gasteiger partial charge on any atom is -0.456 e. The number of halogens is 2. The second-order valence-electron chi connectivity index (χ2n) is 3.56. The Balaban J connectivity index is 2.16. The van der Waals surface area contributed by atoms with Gasteiger partial charge in [-0.15, -0.1) is 0 Å². The predicted molar refractivity (Wildman–Crippen MR) is 77.2 cm³/mol. The molecule has 1 radical (unpaired) electrons. The lowest BCUT2D eigenvalue weighted by Gasteiger charge is -2.08. The molecule has 1 unspecified atom stereocenters. The van der Waals surface area contributed by atoms with Gasteiger partial charge in [0.05, 0.1) is 9.30 Å². The van der Waals surface area contributed by atoms with Crippen LogP contribution in [0.5, 0.6) is 11.5 Å². The van der Waals surface area contributed by atoms with E-state index >= 15 is 0 Å². The van der Waals surface area contributed by atoms with Crippen LogP contribution in [0.3, 0.4) is 0 Å². The summed E-state index contributed by atoms with van der Waals surface area (Å²) in [4.78, 5) is 10.4. The van der Waals surface area contributed by atoms with Crippen molar-refractivity contribution < 1.29 is 9.53 Å². The Morgan fingerprint density at radius 1 is 1.22 bits per heavy atom. The summed E-state index contributed by atoms with van der Waals surface area (Å²) in [6.07, 6.45) is 0.846. The Bertz CT molecular complexity index is 538. The molecule has 2 aromatic carbocycles. The largest absolute Gasteiger partial charge is 0.456 e. The van der Waals surface area contributed by atoms with Crippen LogP contribution in [0.15, 0.2) is 46.9 Å². The molecule has 2 aromatic rings. The van der Waals surface area contributed by atoms with E-state index in [-0.39, 0.29) is 4.83 Å². The fourth-order valence-corrected chi connectivity index (χ4v) is 2.06. The van der Waals surface area contributed by atoms with Crippen molar-refractivity contribution in [3.05, 3.63) is 58.6 Å². The molecule has 0 N–H and O–H groups in total. The molecular formula is C14H9Br2O2. The molecule has 0 saturated carbocycles. The van der Waals surface area contributed by atoms with E-state index in [2.05, 4.69) is 37.9 Å². The normalized spacial score (nSPS) is 11.9. The molecule has 18 heavy (non-hydrogen) atoms. The first-order valence-electron chi connectivity index (χ1n) is 5.24. The molecule has 0 aliphatic heterocycles. The van der Waals surface area contributed by atoms with Gasteiger partial charge in [-0.05, 0) is 39.7 Å². The smallest absolute Gasteiger partial charge is 0.142 e. The molecule has 1 atom stereocenters. The zero-order chi connectivity index (χ0) is 13.0. The fourth-order valence-electron chi connectivity index (χ4n) is 1.41. The molecule has 0 aliphatic rings. The molecule has 0 aliphatic carbocycles. The van der Waals surface area contributed by atoms with E-state index < -0.39 is 0 Å². The fraction of sp³-hybridized carbons (Fsp3) is 0.0714. The zero-order valence-electron chi connectivity index (χ0n) is 9.27. The molecule has 0 heterocycles. The third kappa shape index (κ3) is 3.21. The molecule has 91 valence electrons. The molecule has 0 bridgehead atoms. The van der Waals surface area contributed by atoms with E-state index in [1.807, 2.05) is 36.4 Å². The van der Waals surface area contributed by atoms with Gasteiger partial charge < -0.3 is 9.53 Å². The molecule has 0 aromatic heterocycles. The molecular weight excluding hydrogens is 360 g/mol. The summed E-state index contributed by atoms with van der Waals surface area (Å²) < 4.78 is 6.47. The Morgan fingerprint density at radius 2 is 1.94 bits per heavy atom. The summed E-state index contributed by atoms with van der Waals surface area (Å²) in [5, 5.41) is 0. The summed E-state index contributed by atoms with van der Waals surface area (Å²) >= 11 is 6.63. The molecule has 2 rings (SSSR count). The second-order valence-corrected chi connectivity index (χ2v) is 5.34. The van der Waals surface area contributed by atoms with Gasteiger partial charge in [-0.3, -0.25) is 0 Å². The van der Waals surface area contributed by atoms with E-state index in [0.29, 0.717) is 11.5 Å². The first-order valence-corrected chi connectivity index (χ1v) is 6.95. The van der Waals surface area contributed by atoms with Crippen molar-refractivity contribution in [2.75, 3.05) is 0 Å². The SMILES string of the molecule is O=CC(Br)c1ccc(Oc2ccc[c]c2Br)cc1. The van der Waals surface area contributed by atoms with Crippen LogP contribution in [0, 0.1) is 6.07 Å². The summed E-state index contributed by atoms with van der Waals surface area (Å²) in [5.41, 5.74) is 0.899. The molecule has 0 fully saturated rings. The van der Waals surface area contributed by atoms with E-state index in [0.717, 1.165) is 16.3 Å². The number of aldehydes is 1. The number of carbonyl (C=O) groups excluding carboxylic acids is 1. The van der Waals surface area contributed by atoms with Gasteiger partial charge in [0.1, 0.15) is 17.8 Å². The van der Waals surface area contributed by atoms with Gasteiger partial charge in [-0.1, -0.05) is 40.2 Å². The molecule has 0 amide bonds. The highest BCUT2D eigenvalue weighted by Gasteiger charge is 2.06. The van der Waals surface area contributed by atoms with Crippen molar-refractivity contribution in [3.8, 4) is 11.5 Å². The van der Waals surface area contributed by atoms with Crippen molar-refractivity contribution in [1.29, 1.82) is 0 Å². The standard InChI is InChI=1S/C14H9Br2O2/c15-12-3-1-2-4-14(12)18-11-7-5-10(6-8-11)13(16)9-17/h1-2,4-9,13H. The highest BCUT2D eigenvalue weighted by molar-refractivity contribution is 9.10. The third-order valence-electron chi connectivity index (χ3n) is 2.32. The number of hydrogen-bond donors (Lipinski definition) is 0. The van der Waals surface area contributed by atoms with Crippen molar-refractivity contribution >= 4 is 38.1 Å². The van der Waals surface area contributed by atoms with Crippen LogP contribution in [-0.2, 0) is 4.79 Å². The van der Waals surface area contributed by atoms with Crippen LogP contribution in [0.4, 0.5) is 0 Å². The van der Waals surface area contributed by atoms with E-state index in [9.17, 15) is 4.79 Å². The van der Waals surface area contributed by atoms with Crippen LogP contribution in [0.2, 0.25) is 0 Å². The van der Waals surface area contributed by atoms with Crippen LogP contribution in [-0.4, -0.2) is 6.29 Å². The summed E-state index contributed by atoms with van der Waals surface area (Å²) in [5.74, 6) is 1.42. The lowest BCUT2D eigenvalue weighted by molar-refractivity contribution is -0.107. The zero-order valence-corrected chi connectivity index (χ0v) is 12.4. The van der Waals surface area contributed by atoms with Crippen LogP contribution >= 0.6 is 31.9 Å². The summed E-state index contributed by atoms with van der Waals surface area (Å²) in [7, 11) is 0. The van der Waals surface area contributed by atoms with Crippen LogP contribution in [0.25, 0.3) is 0 Å². The molecule has 2 nitrogen and oxygen atoms in total. The van der Waals surface area contributed by atoms with Gasteiger partial charge >= 0.3 is 0 Å². The Kier molecular flexibility index (Phi) is 4.55. The number of rotatable bonds is 4. The maximum absolute atomic E-state index is 10.6. The Hall–Kier alpha value is -1.13. The predicted octanol–water partition coefficient (Wildman–Crippen LogP) is 4.68. The van der Waals surface area contributed by atoms with Gasteiger partial charge in [0.25, 0.3) is 0 Å². The third-order valence-corrected chi connectivity index (χ3v) is 3.68. The first kappa shape index (κ1) is 13.3. The maximum Gasteiger partial charge on any atom is 0.142 e. The first-order chi connectivity index (χ1) is 8.70. The highest BCUT2D eigenvalue weighted by atomic mass is 79.9. The Morgan fingerprint density at radius 3 is 2.56 bits per heavy atom. The summed E-state index contributed by atoms with van der Waals surface area (Å²) in [6.45, 7) is 0. The minimum atomic E-state index is -0.275. The number of alkyl halides is 1. The van der Waals surface area contributed by atoms with Gasteiger partial charge in [-0.25, -0.2) is 0 Å². The van der Waals surface area contributed by atoms with Crippen molar-refractivity contribution in [2.24, 2.45) is 0 Å². The van der Waals surface area contributed by atoms with Gasteiger partial charge in [0, 0.05) is 6.07 Å². The van der Waals surface area contributed by atoms with E-state index in [1.165, 1.54) is 0 Å². The average molecular weight is 369 g/mol. The summed E-state index contributed by atoms with van der Waals surface area (Å²) in [6, 6.07) is 15.9. The van der Waals surface area contributed by atoms with Crippen molar-refractivity contribution in [1.82, 2.24) is 0 Å². The van der Waals surface area contributed by atoms with Gasteiger partial charge in [0.2, 0.25) is 0 Å². The van der Waals surface area contributed by atoms with Crippen LogP contribution in [0.1, 0.15) is 10.4 Å². The van der Waals surface area contributed by atoms with Crippen LogP contribution < -0.4 is 4.74 Å². The van der Waals surface area contributed by atoms with E-state index in [4.69, 9.17) is 4.74 Å². The Labute approximate surface area is 122 Å². The van der Waals surface area contributed by atoms with Crippen molar-refractivity contribution in [3.63, 3.8) is 0 Å². The maximum atomic E-state index is 10.6. The van der Waals surface area contributed by atoms with Gasteiger partial charge in [-0.2, -0.15) is 0 Å². The lowest BCUT2D eigenvalue weighted by Crippen LogP contribution is -1.91. The molecule has 0 spiro atoms. The van der Waals surface area contributed by atoms with Gasteiger partial charge in [0.15, 0.2) is 0 Å². The second kappa shape index (κ2) is 6.16. The quantitative estimate of drug-likeness (QED) is 0.578. The number of benzene rings is 2. The van der Waals surface area contributed by atoms with Crippen molar-refractivity contribution in [2.45, 2.75) is 4.83 Å². The molecule has 0 saturated heterocycles. The topological polar surface area (TPSA) is 26.3 Å². The average Bonchev–Trinajstić information content (AvgIpc) is 2.41. The van der Waals surface area contributed by atoms with E-state index in [1.54, 1.807) is 6.07 Å². The minimum absolute atomic E-state index is 0.275. The number of hydrogen-bond acceptors (Lipinski definition) is 2.